The largest absolute Gasteiger partial charge is 0.467 e. The van der Waals surface area contributed by atoms with Crippen molar-refractivity contribution in [1.82, 2.24) is 0 Å². The van der Waals surface area contributed by atoms with Crippen LogP contribution in [-0.2, 0) is 11.3 Å². The maximum Gasteiger partial charge on any atom is 0.129 e. The lowest BCUT2D eigenvalue weighted by atomic mass is 10.4. The summed E-state index contributed by atoms with van der Waals surface area (Å²) in [4.78, 5) is 4.02. The molecular formula is C14H15N3O2S. The summed E-state index contributed by atoms with van der Waals surface area (Å²) in [6, 6.07) is 13.5. The summed E-state index contributed by atoms with van der Waals surface area (Å²) < 4.78 is 10.7. The van der Waals surface area contributed by atoms with Crippen LogP contribution in [0.5, 0.6) is 0 Å². The number of thioether (sulfide) groups is 1. The third-order valence-corrected chi connectivity index (χ3v) is 3.69. The lowest BCUT2D eigenvalue weighted by molar-refractivity contribution is 0.0984. The Labute approximate surface area is 121 Å². The standard InChI is InChI=1S/C14H15N3O2S/c15-17-16-12(9-18-10-13-5-4-8-19-13)11-20-14-6-2-1-3-7-14/h1-8,12H,9-11H2. The lowest BCUT2D eigenvalue weighted by Crippen LogP contribution is -2.15. The Bertz CT molecular complexity index is 539. The van der Waals surface area contributed by atoms with Gasteiger partial charge in [0.2, 0.25) is 0 Å². The third kappa shape index (κ3) is 5.01. The quantitative estimate of drug-likeness (QED) is 0.315. The van der Waals surface area contributed by atoms with E-state index in [9.17, 15) is 0 Å². The highest BCUT2D eigenvalue weighted by atomic mass is 32.2. The molecule has 2 rings (SSSR count). The lowest BCUT2D eigenvalue weighted by Gasteiger charge is -2.10. The fourth-order valence-electron chi connectivity index (χ4n) is 1.59. The third-order valence-electron chi connectivity index (χ3n) is 2.54. The van der Waals surface area contributed by atoms with E-state index in [2.05, 4.69) is 10.0 Å². The number of hydrogen-bond acceptors (Lipinski definition) is 4. The molecule has 0 aliphatic carbocycles. The minimum Gasteiger partial charge on any atom is -0.467 e. The number of furan rings is 1. The Balaban J connectivity index is 1.76. The molecule has 6 heteroatoms. The van der Waals surface area contributed by atoms with Gasteiger partial charge in [-0.15, -0.1) is 11.8 Å². The van der Waals surface area contributed by atoms with Gasteiger partial charge in [-0.25, -0.2) is 0 Å². The number of ether oxygens (including phenoxy) is 1. The van der Waals surface area contributed by atoms with Crippen molar-refractivity contribution in [3.63, 3.8) is 0 Å². The first kappa shape index (κ1) is 14.5. The second-order valence-electron chi connectivity index (χ2n) is 4.08. The molecule has 1 unspecified atom stereocenters. The molecule has 0 N–H and O–H groups in total. The van der Waals surface area contributed by atoms with E-state index in [0.717, 1.165) is 10.7 Å². The van der Waals surface area contributed by atoms with E-state index in [1.54, 1.807) is 18.0 Å². The Morgan fingerprint density at radius 1 is 1.25 bits per heavy atom. The molecule has 0 amide bonds. The summed E-state index contributed by atoms with van der Waals surface area (Å²) in [5, 5.41) is 3.76. The van der Waals surface area contributed by atoms with Gasteiger partial charge < -0.3 is 9.15 Å². The van der Waals surface area contributed by atoms with E-state index in [1.165, 1.54) is 0 Å². The van der Waals surface area contributed by atoms with Crippen LogP contribution in [0.15, 0.2) is 63.2 Å². The highest BCUT2D eigenvalue weighted by Crippen LogP contribution is 2.19. The molecule has 0 fully saturated rings. The first-order valence-electron chi connectivity index (χ1n) is 6.20. The summed E-state index contributed by atoms with van der Waals surface area (Å²) in [5.74, 6) is 1.45. The molecule has 0 saturated carbocycles. The molecule has 1 aromatic carbocycles. The molecule has 104 valence electrons. The van der Waals surface area contributed by atoms with Crippen molar-refractivity contribution < 1.29 is 9.15 Å². The molecule has 0 aliphatic rings. The zero-order chi connectivity index (χ0) is 14.0. The van der Waals surface area contributed by atoms with Gasteiger partial charge in [0.05, 0.1) is 18.9 Å². The number of rotatable bonds is 8. The van der Waals surface area contributed by atoms with E-state index in [0.29, 0.717) is 19.0 Å². The Morgan fingerprint density at radius 2 is 2.10 bits per heavy atom. The van der Waals surface area contributed by atoms with Gasteiger partial charge in [0, 0.05) is 15.6 Å². The predicted molar refractivity (Wildman–Crippen MR) is 78.5 cm³/mol. The Morgan fingerprint density at radius 3 is 2.80 bits per heavy atom. The van der Waals surface area contributed by atoms with E-state index in [1.807, 2.05) is 42.5 Å². The average Bonchev–Trinajstić information content (AvgIpc) is 2.99. The fourth-order valence-corrected chi connectivity index (χ4v) is 2.48. The molecule has 0 spiro atoms. The average molecular weight is 289 g/mol. The maximum absolute atomic E-state index is 8.59. The molecule has 1 aromatic heterocycles. The van der Waals surface area contributed by atoms with E-state index in [4.69, 9.17) is 14.7 Å². The van der Waals surface area contributed by atoms with Crippen LogP contribution < -0.4 is 0 Å². The number of nitrogens with zero attached hydrogens (tertiary/aromatic N) is 3. The maximum atomic E-state index is 8.59. The molecule has 20 heavy (non-hydrogen) atoms. The van der Waals surface area contributed by atoms with Crippen molar-refractivity contribution in [2.24, 2.45) is 5.11 Å². The van der Waals surface area contributed by atoms with E-state index in [-0.39, 0.29) is 6.04 Å². The van der Waals surface area contributed by atoms with Gasteiger partial charge in [-0.05, 0) is 29.8 Å². The topological polar surface area (TPSA) is 71.1 Å². The normalized spacial score (nSPS) is 11.8. The van der Waals surface area contributed by atoms with Gasteiger partial charge in [-0.3, -0.25) is 0 Å². The summed E-state index contributed by atoms with van der Waals surface area (Å²) in [5.41, 5.74) is 8.59. The van der Waals surface area contributed by atoms with Crippen LogP contribution in [0.4, 0.5) is 0 Å². The van der Waals surface area contributed by atoms with Gasteiger partial charge in [-0.1, -0.05) is 23.3 Å². The summed E-state index contributed by atoms with van der Waals surface area (Å²) in [6.45, 7) is 0.769. The molecule has 0 saturated heterocycles. The van der Waals surface area contributed by atoms with Gasteiger partial charge in [0.25, 0.3) is 0 Å². The van der Waals surface area contributed by atoms with Crippen molar-refractivity contribution in [1.29, 1.82) is 0 Å². The first-order valence-corrected chi connectivity index (χ1v) is 7.19. The zero-order valence-corrected chi connectivity index (χ0v) is 11.7. The summed E-state index contributed by atoms with van der Waals surface area (Å²) in [6.07, 6.45) is 1.61. The van der Waals surface area contributed by atoms with Crippen molar-refractivity contribution in [2.45, 2.75) is 17.5 Å². The SMILES string of the molecule is [N-]=[N+]=NC(COCc1ccco1)CSc1ccccc1. The van der Waals surface area contributed by atoms with Crippen molar-refractivity contribution in [3.8, 4) is 0 Å². The highest BCUT2D eigenvalue weighted by molar-refractivity contribution is 7.99. The van der Waals surface area contributed by atoms with Crippen LogP contribution in [0.25, 0.3) is 10.4 Å². The molecule has 2 aromatic rings. The minimum atomic E-state index is -0.194. The van der Waals surface area contributed by atoms with Gasteiger partial charge in [-0.2, -0.15) is 0 Å². The first-order chi connectivity index (χ1) is 9.88. The second-order valence-corrected chi connectivity index (χ2v) is 5.17. The number of hydrogen-bond donors (Lipinski definition) is 0. The summed E-state index contributed by atoms with van der Waals surface area (Å²) >= 11 is 1.65. The highest BCUT2D eigenvalue weighted by Gasteiger charge is 2.08. The fraction of sp³-hybridized carbons (Fsp3) is 0.286. The van der Waals surface area contributed by atoms with Crippen LogP contribution in [0.3, 0.4) is 0 Å². The van der Waals surface area contributed by atoms with Gasteiger partial charge in [0.15, 0.2) is 0 Å². The molecule has 1 atom stereocenters. The molecular weight excluding hydrogens is 274 g/mol. The molecule has 0 bridgehead atoms. The molecule has 1 heterocycles. The van der Waals surface area contributed by atoms with Crippen molar-refractivity contribution in [3.05, 3.63) is 64.9 Å². The van der Waals surface area contributed by atoms with Crippen LogP contribution in [0.1, 0.15) is 5.76 Å². The molecule has 0 radical (unpaired) electrons. The van der Waals surface area contributed by atoms with Crippen LogP contribution in [-0.4, -0.2) is 18.4 Å². The van der Waals surface area contributed by atoms with Crippen molar-refractivity contribution >= 4 is 11.8 Å². The van der Waals surface area contributed by atoms with Crippen LogP contribution in [0.2, 0.25) is 0 Å². The van der Waals surface area contributed by atoms with Gasteiger partial charge >= 0.3 is 0 Å². The van der Waals surface area contributed by atoms with Gasteiger partial charge in [0.1, 0.15) is 12.4 Å². The van der Waals surface area contributed by atoms with Crippen molar-refractivity contribution in [2.75, 3.05) is 12.4 Å². The Kier molecular flexibility index (Phi) is 6.05. The van der Waals surface area contributed by atoms with Crippen LogP contribution >= 0.6 is 11.8 Å². The number of benzene rings is 1. The predicted octanol–water partition coefficient (Wildman–Crippen LogP) is 4.27. The second kappa shape index (κ2) is 8.32. The minimum absolute atomic E-state index is 0.194. The summed E-state index contributed by atoms with van der Waals surface area (Å²) in [7, 11) is 0. The van der Waals surface area contributed by atoms with E-state index < -0.39 is 0 Å². The van der Waals surface area contributed by atoms with Crippen LogP contribution in [0, 0.1) is 0 Å². The Hall–Kier alpha value is -1.88. The molecule has 0 aliphatic heterocycles. The number of azide groups is 1. The zero-order valence-electron chi connectivity index (χ0n) is 10.9. The van der Waals surface area contributed by atoms with E-state index >= 15 is 0 Å². The monoisotopic (exact) mass is 289 g/mol. The molecule has 5 nitrogen and oxygen atoms in total. The smallest absolute Gasteiger partial charge is 0.129 e.